The second kappa shape index (κ2) is 5.69. The minimum absolute atomic E-state index is 0.0371. The molecular weight excluding hydrogens is 280 g/mol. The van der Waals surface area contributed by atoms with Gasteiger partial charge in [-0.2, -0.15) is 0 Å². The van der Waals surface area contributed by atoms with Crippen LogP contribution in [0.3, 0.4) is 0 Å². The van der Waals surface area contributed by atoms with Crippen LogP contribution in [0.25, 0.3) is 10.8 Å². The quantitative estimate of drug-likeness (QED) is 0.589. The van der Waals surface area contributed by atoms with E-state index in [-0.39, 0.29) is 11.1 Å². The molecule has 3 aromatic carbocycles. The number of benzene rings is 3. The zero-order chi connectivity index (χ0) is 15.5. The Kier molecular flexibility index (Phi) is 3.58. The van der Waals surface area contributed by atoms with Gasteiger partial charge < -0.3 is 9.84 Å². The van der Waals surface area contributed by atoms with E-state index in [1.165, 1.54) is 6.07 Å². The first-order valence-corrected chi connectivity index (χ1v) is 6.69. The van der Waals surface area contributed by atoms with Crippen LogP contribution in [0.5, 0.6) is 5.75 Å². The fraction of sp³-hybridized carbons (Fsp3) is 0. The van der Waals surface area contributed by atoms with Gasteiger partial charge in [-0.05, 0) is 29.0 Å². The number of carboxylic acids is 1. The van der Waals surface area contributed by atoms with Gasteiger partial charge in [-0.1, -0.05) is 48.5 Å². The lowest BCUT2D eigenvalue weighted by Crippen LogP contribution is -2.14. The van der Waals surface area contributed by atoms with Gasteiger partial charge in [0, 0.05) is 0 Å². The number of aromatic carboxylic acids is 1. The van der Waals surface area contributed by atoms with Crippen molar-refractivity contribution in [3.05, 3.63) is 77.9 Å². The zero-order valence-corrected chi connectivity index (χ0v) is 11.5. The molecule has 0 radical (unpaired) electrons. The predicted molar refractivity (Wildman–Crippen MR) is 82.3 cm³/mol. The van der Waals surface area contributed by atoms with E-state index in [4.69, 9.17) is 4.74 Å². The molecule has 0 aliphatic rings. The minimum atomic E-state index is -1.16. The van der Waals surface area contributed by atoms with Crippen LogP contribution >= 0.6 is 0 Å². The van der Waals surface area contributed by atoms with Gasteiger partial charge in [0.2, 0.25) is 0 Å². The summed E-state index contributed by atoms with van der Waals surface area (Å²) in [6.45, 7) is 0. The van der Waals surface area contributed by atoms with Crippen molar-refractivity contribution in [1.29, 1.82) is 0 Å². The number of carbonyl (C=O) groups excluding carboxylic acids is 1. The van der Waals surface area contributed by atoms with Crippen molar-refractivity contribution in [3.63, 3.8) is 0 Å². The summed E-state index contributed by atoms with van der Waals surface area (Å²) >= 11 is 0. The molecule has 22 heavy (non-hydrogen) atoms. The average Bonchev–Trinajstić information content (AvgIpc) is 2.54. The Morgan fingerprint density at radius 3 is 2.23 bits per heavy atom. The molecule has 1 N–H and O–H groups in total. The van der Waals surface area contributed by atoms with Crippen LogP contribution in [0, 0.1) is 0 Å². The fourth-order valence-electron chi connectivity index (χ4n) is 2.32. The highest BCUT2D eigenvalue weighted by molar-refractivity contribution is 6.12. The monoisotopic (exact) mass is 292 g/mol. The Morgan fingerprint density at radius 2 is 1.50 bits per heavy atom. The highest BCUT2D eigenvalue weighted by Crippen LogP contribution is 2.24. The Labute approximate surface area is 126 Å². The van der Waals surface area contributed by atoms with E-state index in [0.717, 1.165) is 5.39 Å². The van der Waals surface area contributed by atoms with E-state index in [1.807, 2.05) is 6.07 Å². The number of ether oxygens (including phenoxy) is 1. The maximum atomic E-state index is 12.3. The lowest BCUT2D eigenvalue weighted by molar-refractivity contribution is 0.0670. The molecule has 0 saturated carbocycles. The standard InChI is InChI=1S/C18H12O4/c19-17(20)16-14-9-5-4-6-12(14)10-11-15(16)18(21)22-13-7-2-1-3-8-13/h1-11H,(H,19,20). The molecular formula is C18H12O4. The van der Waals surface area contributed by atoms with Crippen LogP contribution in [0.15, 0.2) is 66.7 Å². The molecule has 108 valence electrons. The van der Waals surface area contributed by atoms with Gasteiger partial charge in [0.1, 0.15) is 5.75 Å². The summed E-state index contributed by atoms with van der Waals surface area (Å²) in [5.41, 5.74) is -0.00548. The zero-order valence-electron chi connectivity index (χ0n) is 11.5. The van der Waals surface area contributed by atoms with E-state index >= 15 is 0 Å². The van der Waals surface area contributed by atoms with E-state index in [1.54, 1.807) is 54.6 Å². The number of para-hydroxylation sites is 1. The Morgan fingerprint density at radius 1 is 0.818 bits per heavy atom. The van der Waals surface area contributed by atoms with Gasteiger partial charge in [-0.3, -0.25) is 0 Å². The first-order valence-electron chi connectivity index (χ1n) is 6.69. The van der Waals surface area contributed by atoms with Crippen LogP contribution in [0.2, 0.25) is 0 Å². The summed E-state index contributed by atoms with van der Waals surface area (Å²) in [5.74, 6) is -1.47. The van der Waals surface area contributed by atoms with Crippen molar-refractivity contribution < 1.29 is 19.4 Å². The van der Waals surface area contributed by atoms with Gasteiger partial charge >= 0.3 is 11.9 Å². The van der Waals surface area contributed by atoms with E-state index in [9.17, 15) is 14.7 Å². The highest BCUT2D eigenvalue weighted by atomic mass is 16.5. The summed E-state index contributed by atoms with van der Waals surface area (Å²) in [6.07, 6.45) is 0. The summed E-state index contributed by atoms with van der Waals surface area (Å²) in [5, 5.41) is 10.7. The molecule has 0 aromatic heterocycles. The molecule has 0 fully saturated rings. The summed E-state index contributed by atoms with van der Waals surface area (Å²) < 4.78 is 5.24. The Balaban J connectivity index is 2.08. The van der Waals surface area contributed by atoms with Crippen molar-refractivity contribution >= 4 is 22.7 Å². The van der Waals surface area contributed by atoms with Crippen LogP contribution in [0.4, 0.5) is 0 Å². The first kappa shape index (κ1) is 13.8. The highest BCUT2D eigenvalue weighted by Gasteiger charge is 2.21. The largest absolute Gasteiger partial charge is 0.478 e. The third-order valence-electron chi connectivity index (χ3n) is 3.32. The third-order valence-corrected chi connectivity index (χ3v) is 3.32. The topological polar surface area (TPSA) is 63.6 Å². The number of hydrogen-bond acceptors (Lipinski definition) is 3. The molecule has 0 spiro atoms. The fourth-order valence-corrected chi connectivity index (χ4v) is 2.32. The van der Waals surface area contributed by atoms with Crippen molar-refractivity contribution in [1.82, 2.24) is 0 Å². The summed E-state index contributed by atoms with van der Waals surface area (Å²) in [6, 6.07) is 18.8. The molecule has 4 nitrogen and oxygen atoms in total. The normalized spacial score (nSPS) is 10.4. The number of fused-ring (bicyclic) bond motifs is 1. The summed E-state index contributed by atoms with van der Waals surface area (Å²) in [4.78, 5) is 23.9. The number of rotatable bonds is 3. The molecule has 0 aliphatic carbocycles. The van der Waals surface area contributed by atoms with Gasteiger partial charge in [0.15, 0.2) is 0 Å². The van der Waals surface area contributed by atoms with Crippen molar-refractivity contribution in [2.24, 2.45) is 0 Å². The molecule has 0 amide bonds. The van der Waals surface area contributed by atoms with Crippen molar-refractivity contribution in [2.75, 3.05) is 0 Å². The summed E-state index contributed by atoms with van der Waals surface area (Å²) in [7, 11) is 0. The molecule has 0 heterocycles. The second-order valence-electron chi connectivity index (χ2n) is 4.72. The minimum Gasteiger partial charge on any atom is -0.478 e. The Hall–Kier alpha value is -3.14. The smallest absolute Gasteiger partial charge is 0.344 e. The molecule has 0 aliphatic heterocycles. The second-order valence-corrected chi connectivity index (χ2v) is 4.72. The lowest BCUT2D eigenvalue weighted by Gasteiger charge is -2.09. The molecule has 0 atom stereocenters. The maximum absolute atomic E-state index is 12.3. The number of carboxylic acid groups (broad SMARTS) is 1. The van der Waals surface area contributed by atoms with Crippen molar-refractivity contribution in [2.45, 2.75) is 0 Å². The van der Waals surface area contributed by atoms with E-state index in [2.05, 4.69) is 0 Å². The first-order chi connectivity index (χ1) is 10.7. The lowest BCUT2D eigenvalue weighted by atomic mass is 9.99. The average molecular weight is 292 g/mol. The SMILES string of the molecule is O=C(Oc1ccccc1)c1ccc2ccccc2c1C(=O)O. The van der Waals surface area contributed by atoms with Crippen LogP contribution in [-0.4, -0.2) is 17.0 Å². The van der Waals surface area contributed by atoms with Crippen LogP contribution in [0.1, 0.15) is 20.7 Å². The third kappa shape index (κ3) is 2.54. The Bertz CT molecular complexity index is 853. The van der Waals surface area contributed by atoms with E-state index in [0.29, 0.717) is 11.1 Å². The number of hydrogen-bond donors (Lipinski definition) is 1. The van der Waals surface area contributed by atoms with Crippen molar-refractivity contribution in [3.8, 4) is 5.75 Å². The van der Waals surface area contributed by atoms with Gasteiger partial charge in [-0.15, -0.1) is 0 Å². The van der Waals surface area contributed by atoms with Gasteiger partial charge in [-0.25, -0.2) is 9.59 Å². The number of esters is 1. The predicted octanol–water partition coefficient (Wildman–Crippen LogP) is 3.76. The molecule has 3 rings (SSSR count). The molecule has 0 saturated heterocycles. The molecule has 0 bridgehead atoms. The van der Waals surface area contributed by atoms with Crippen LogP contribution < -0.4 is 4.74 Å². The molecule has 0 unspecified atom stereocenters. The van der Waals surface area contributed by atoms with Crippen LogP contribution in [-0.2, 0) is 0 Å². The molecule has 3 aromatic rings. The maximum Gasteiger partial charge on any atom is 0.344 e. The van der Waals surface area contributed by atoms with Gasteiger partial charge in [0.25, 0.3) is 0 Å². The molecule has 4 heteroatoms. The number of carbonyl (C=O) groups is 2. The van der Waals surface area contributed by atoms with Gasteiger partial charge in [0.05, 0.1) is 11.1 Å². The van der Waals surface area contributed by atoms with E-state index < -0.39 is 11.9 Å².